The lowest BCUT2D eigenvalue weighted by Gasteiger charge is -2.24. The standard InChI is InChI=1S/C14H17NO2/c16-13-14(17,9-10-5-1-2-6-10)11-7-3-4-8-12(11)15-13/h3-4,7-8,10,17H,1-2,5-6,9H2,(H,15,16). The van der Waals surface area contributed by atoms with E-state index >= 15 is 0 Å². The van der Waals surface area contributed by atoms with Crippen molar-refractivity contribution in [2.75, 3.05) is 5.32 Å². The molecular weight excluding hydrogens is 214 g/mol. The first-order chi connectivity index (χ1) is 8.20. The molecule has 1 aromatic carbocycles. The van der Waals surface area contributed by atoms with Gasteiger partial charge in [-0.25, -0.2) is 0 Å². The van der Waals surface area contributed by atoms with Gasteiger partial charge in [-0.05, 0) is 18.4 Å². The normalized spacial score (nSPS) is 28.2. The second kappa shape index (κ2) is 3.84. The highest BCUT2D eigenvalue weighted by Gasteiger charge is 2.46. The first-order valence-electron chi connectivity index (χ1n) is 6.33. The summed E-state index contributed by atoms with van der Waals surface area (Å²) in [5.74, 6) is 0.225. The molecule has 1 atom stereocenters. The second-order valence-corrected chi connectivity index (χ2v) is 5.21. The van der Waals surface area contributed by atoms with Crippen molar-refractivity contribution in [3.63, 3.8) is 0 Å². The minimum atomic E-state index is -1.30. The zero-order chi connectivity index (χ0) is 11.9. The number of fused-ring (bicyclic) bond motifs is 1. The van der Waals surface area contributed by atoms with Crippen molar-refractivity contribution in [2.24, 2.45) is 5.92 Å². The van der Waals surface area contributed by atoms with Crippen molar-refractivity contribution < 1.29 is 9.90 Å². The number of hydrogen-bond acceptors (Lipinski definition) is 2. The molecule has 1 aliphatic carbocycles. The van der Waals surface area contributed by atoms with Gasteiger partial charge in [-0.3, -0.25) is 4.79 Å². The SMILES string of the molecule is O=C1Nc2ccccc2C1(O)CC1CCCC1. The van der Waals surface area contributed by atoms with E-state index in [0.717, 1.165) is 24.1 Å². The maximum atomic E-state index is 12.0. The third-order valence-corrected chi connectivity index (χ3v) is 4.06. The average Bonchev–Trinajstić information content (AvgIpc) is 2.89. The highest BCUT2D eigenvalue weighted by molar-refractivity contribution is 6.04. The molecule has 1 fully saturated rings. The molecule has 17 heavy (non-hydrogen) atoms. The molecule has 2 N–H and O–H groups in total. The molecular formula is C14H17NO2. The Morgan fingerprint density at radius 2 is 2.00 bits per heavy atom. The Morgan fingerprint density at radius 1 is 1.29 bits per heavy atom. The Bertz CT molecular complexity index is 451. The van der Waals surface area contributed by atoms with Crippen LogP contribution in [0.4, 0.5) is 5.69 Å². The lowest BCUT2D eigenvalue weighted by Crippen LogP contribution is -2.35. The van der Waals surface area contributed by atoms with Crippen LogP contribution in [0, 0.1) is 5.92 Å². The zero-order valence-corrected chi connectivity index (χ0v) is 9.78. The topological polar surface area (TPSA) is 49.3 Å². The summed E-state index contributed by atoms with van der Waals surface area (Å²) in [6.07, 6.45) is 5.29. The van der Waals surface area contributed by atoms with Crippen LogP contribution < -0.4 is 5.32 Å². The van der Waals surface area contributed by atoms with Crippen LogP contribution in [0.1, 0.15) is 37.7 Å². The van der Waals surface area contributed by atoms with Crippen LogP contribution in [0.3, 0.4) is 0 Å². The fourth-order valence-electron chi connectivity index (χ4n) is 3.14. The highest BCUT2D eigenvalue weighted by atomic mass is 16.3. The summed E-state index contributed by atoms with van der Waals surface area (Å²) >= 11 is 0. The molecule has 1 unspecified atom stereocenters. The minimum Gasteiger partial charge on any atom is -0.375 e. The van der Waals surface area contributed by atoms with Crippen molar-refractivity contribution in [1.29, 1.82) is 0 Å². The van der Waals surface area contributed by atoms with Crippen molar-refractivity contribution in [2.45, 2.75) is 37.7 Å². The van der Waals surface area contributed by atoms with Gasteiger partial charge in [-0.15, -0.1) is 0 Å². The van der Waals surface area contributed by atoms with E-state index in [1.165, 1.54) is 12.8 Å². The van der Waals surface area contributed by atoms with Gasteiger partial charge >= 0.3 is 0 Å². The van der Waals surface area contributed by atoms with E-state index in [-0.39, 0.29) is 5.91 Å². The van der Waals surface area contributed by atoms with Crippen molar-refractivity contribution in [3.05, 3.63) is 29.8 Å². The predicted octanol–water partition coefficient (Wildman–Crippen LogP) is 2.41. The first kappa shape index (κ1) is 10.8. The summed E-state index contributed by atoms with van der Waals surface area (Å²) in [6.45, 7) is 0. The number of carbonyl (C=O) groups is 1. The van der Waals surface area contributed by atoms with E-state index in [2.05, 4.69) is 5.32 Å². The van der Waals surface area contributed by atoms with E-state index in [1.807, 2.05) is 24.3 Å². The first-order valence-corrected chi connectivity index (χ1v) is 6.33. The molecule has 3 rings (SSSR count). The van der Waals surface area contributed by atoms with Gasteiger partial charge in [-0.2, -0.15) is 0 Å². The Labute approximate surface area is 101 Å². The summed E-state index contributed by atoms with van der Waals surface area (Å²) in [6, 6.07) is 7.45. The van der Waals surface area contributed by atoms with E-state index in [0.29, 0.717) is 12.3 Å². The maximum Gasteiger partial charge on any atom is 0.261 e. The van der Waals surface area contributed by atoms with Crippen LogP contribution >= 0.6 is 0 Å². The number of aliphatic hydroxyl groups is 1. The van der Waals surface area contributed by atoms with Gasteiger partial charge in [0.2, 0.25) is 0 Å². The van der Waals surface area contributed by atoms with Gasteiger partial charge in [0, 0.05) is 11.3 Å². The molecule has 1 aromatic rings. The smallest absolute Gasteiger partial charge is 0.261 e. The van der Waals surface area contributed by atoms with Gasteiger partial charge in [0.15, 0.2) is 5.60 Å². The Kier molecular flexibility index (Phi) is 2.44. The summed E-state index contributed by atoms with van der Waals surface area (Å²) in [4.78, 5) is 12.0. The van der Waals surface area contributed by atoms with Crippen LogP contribution in [0.15, 0.2) is 24.3 Å². The summed E-state index contributed by atoms with van der Waals surface area (Å²) in [5, 5.41) is 13.4. The molecule has 0 spiro atoms. The molecule has 1 aliphatic heterocycles. The molecule has 1 saturated carbocycles. The molecule has 1 heterocycles. The van der Waals surface area contributed by atoms with Crippen LogP contribution in [0.5, 0.6) is 0 Å². The molecule has 0 aromatic heterocycles. The number of nitrogens with one attached hydrogen (secondary N) is 1. The zero-order valence-electron chi connectivity index (χ0n) is 9.78. The quantitative estimate of drug-likeness (QED) is 0.821. The monoisotopic (exact) mass is 231 g/mol. The predicted molar refractivity (Wildman–Crippen MR) is 65.5 cm³/mol. The molecule has 3 heteroatoms. The van der Waals surface area contributed by atoms with Gasteiger partial charge in [-0.1, -0.05) is 43.9 Å². The Balaban J connectivity index is 1.92. The van der Waals surface area contributed by atoms with Gasteiger partial charge in [0.1, 0.15) is 0 Å². The summed E-state index contributed by atoms with van der Waals surface area (Å²) in [7, 11) is 0. The number of anilines is 1. The largest absolute Gasteiger partial charge is 0.375 e. The number of benzene rings is 1. The molecule has 1 amide bonds. The van der Waals surface area contributed by atoms with Crippen LogP contribution in [-0.4, -0.2) is 11.0 Å². The third-order valence-electron chi connectivity index (χ3n) is 4.06. The lowest BCUT2D eigenvalue weighted by atomic mass is 9.85. The molecule has 3 nitrogen and oxygen atoms in total. The van der Waals surface area contributed by atoms with Crippen LogP contribution in [0.25, 0.3) is 0 Å². The van der Waals surface area contributed by atoms with E-state index in [4.69, 9.17) is 0 Å². The second-order valence-electron chi connectivity index (χ2n) is 5.21. The highest BCUT2D eigenvalue weighted by Crippen LogP contribution is 2.43. The van der Waals surface area contributed by atoms with Gasteiger partial charge in [0.25, 0.3) is 5.91 Å². The number of hydrogen-bond donors (Lipinski definition) is 2. The number of para-hydroxylation sites is 1. The lowest BCUT2D eigenvalue weighted by molar-refractivity contribution is -0.135. The summed E-state index contributed by atoms with van der Waals surface area (Å²) in [5.41, 5.74) is 0.209. The average molecular weight is 231 g/mol. The molecule has 90 valence electrons. The van der Waals surface area contributed by atoms with Gasteiger partial charge < -0.3 is 10.4 Å². The molecule has 0 bridgehead atoms. The fourth-order valence-corrected chi connectivity index (χ4v) is 3.14. The Hall–Kier alpha value is -1.35. The summed E-state index contributed by atoms with van der Waals surface area (Å²) < 4.78 is 0. The van der Waals surface area contributed by atoms with Crippen LogP contribution in [0.2, 0.25) is 0 Å². The van der Waals surface area contributed by atoms with E-state index < -0.39 is 5.60 Å². The molecule has 0 saturated heterocycles. The minimum absolute atomic E-state index is 0.259. The number of amides is 1. The van der Waals surface area contributed by atoms with Crippen molar-refractivity contribution in [1.82, 2.24) is 0 Å². The number of rotatable bonds is 2. The van der Waals surface area contributed by atoms with Crippen LogP contribution in [-0.2, 0) is 10.4 Å². The van der Waals surface area contributed by atoms with Crippen molar-refractivity contribution >= 4 is 11.6 Å². The van der Waals surface area contributed by atoms with Gasteiger partial charge in [0.05, 0.1) is 0 Å². The maximum absolute atomic E-state index is 12.0. The van der Waals surface area contributed by atoms with Crippen molar-refractivity contribution in [3.8, 4) is 0 Å². The fraction of sp³-hybridized carbons (Fsp3) is 0.500. The van der Waals surface area contributed by atoms with E-state index in [1.54, 1.807) is 0 Å². The number of carbonyl (C=O) groups excluding carboxylic acids is 1. The Morgan fingerprint density at radius 3 is 2.76 bits per heavy atom. The third kappa shape index (κ3) is 1.65. The molecule has 2 aliphatic rings. The molecule has 0 radical (unpaired) electrons. The van der Waals surface area contributed by atoms with E-state index in [9.17, 15) is 9.90 Å².